The van der Waals surface area contributed by atoms with Gasteiger partial charge in [0, 0.05) is 41.6 Å². The topological polar surface area (TPSA) is 90.2 Å². The third-order valence-corrected chi connectivity index (χ3v) is 4.67. The minimum Gasteiger partial charge on any atom is -0.477 e. The first-order chi connectivity index (χ1) is 12.9. The highest BCUT2D eigenvalue weighted by atomic mass is 19.1. The Morgan fingerprint density at radius 3 is 2.59 bits per heavy atom. The summed E-state index contributed by atoms with van der Waals surface area (Å²) >= 11 is 0. The second kappa shape index (κ2) is 5.98. The molecular weight excluding hydrogens is 349 g/mol. The number of aromatic carboxylic acids is 1. The van der Waals surface area contributed by atoms with Crippen molar-refractivity contribution in [3.05, 3.63) is 70.5 Å². The molecule has 0 atom stereocenters. The largest absolute Gasteiger partial charge is 0.477 e. The van der Waals surface area contributed by atoms with Crippen molar-refractivity contribution in [1.82, 2.24) is 9.13 Å². The number of nitrogen functional groups attached to an aromatic ring is 1. The minimum absolute atomic E-state index is 0.0407. The number of hydrogen-bond acceptors (Lipinski definition) is 3. The van der Waals surface area contributed by atoms with Gasteiger partial charge in [0.1, 0.15) is 11.4 Å². The molecule has 2 aromatic carbocycles. The number of rotatable bonds is 3. The maximum atomic E-state index is 14.8. The van der Waals surface area contributed by atoms with Crippen LogP contribution < -0.4 is 11.2 Å². The highest BCUT2D eigenvalue weighted by Crippen LogP contribution is 2.25. The lowest BCUT2D eigenvalue weighted by Crippen LogP contribution is -2.19. The van der Waals surface area contributed by atoms with Crippen LogP contribution in [-0.4, -0.2) is 20.2 Å². The summed E-state index contributed by atoms with van der Waals surface area (Å²) in [4.78, 5) is 23.7. The fourth-order valence-corrected chi connectivity index (χ4v) is 3.31. The number of pyridine rings is 1. The Labute approximate surface area is 152 Å². The highest BCUT2D eigenvalue weighted by molar-refractivity contribution is 5.93. The number of anilines is 1. The van der Waals surface area contributed by atoms with Gasteiger partial charge in [-0.15, -0.1) is 0 Å². The molecule has 0 aliphatic heterocycles. The van der Waals surface area contributed by atoms with Gasteiger partial charge in [-0.05, 0) is 36.6 Å². The fourth-order valence-electron chi connectivity index (χ4n) is 3.31. The summed E-state index contributed by atoms with van der Waals surface area (Å²) in [6, 6.07) is 8.08. The lowest BCUT2D eigenvalue weighted by Gasteiger charge is -2.13. The van der Waals surface area contributed by atoms with Crippen molar-refractivity contribution in [2.45, 2.75) is 13.5 Å². The smallest absolute Gasteiger partial charge is 0.341 e. The third-order valence-electron chi connectivity index (χ3n) is 4.67. The number of halogens is 1. The van der Waals surface area contributed by atoms with Crippen LogP contribution in [0.1, 0.15) is 17.3 Å². The Balaban J connectivity index is 2.01. The predicted molar refractivity (Wildman–Crippen MR) is 102 cm³/mol. The van der Waals surface area contributed by atoms with Crippen molar-refractivity contribution in [3.63, 3.8) is 0 Å². The van der Waals surface area contributed by atoms with Crippen molar-refractivity contribution in [1.29, 1.82) is 0 Å². The Bertz CT molecular complexity index is 1290. The molecule has 0 saturated heterocycles. The van der Waals surface area contributed by atoms with Crippen molar-refractivity contribution < 1.29 is 14.3 Å². The van der Waals surface area contributed by atoms with Gasteiger partial charge in [-0.2, -0.15) is 0 Å². The average molecular weight is 365 g/mol. The molecule has 0 amide bonds. The molecule has 2 aromatic heterocycles. The molecule has 0 bridgehead atoms. The maximum absolute atomic E-state index is 14.8. The number of nitrogens with two attached hydrogens (primary N) is 1. The van der Waals surface area contributed by atoms with E-state index in [1.165, 1.54) is 6.20 Å². The number of hydrogen-bond donors (Lipinski definition) is 2. The van der Waals surface area contributed by atoms with Crippen LogP contribution in [0.5, 0.6) is 0 Å². The van der Waals surface area contributed by atoms with Gasteiger partial charge >= 0.3 is 5.97 Å². The molecule has 4 rings (SSSR count). The number of benzene rings is 2. The van der Waals surface area contributed by atoms with E-state index in [0.717, 1.165) is 16.8 Å². The van der Waals surface area contributed by atoms with Gasteiger partial charge in [-0.3, -0.25) is 4.79 Å². The summed E-state index contributed by atoms with van der Waals surface area (Å²) < 4.78 is 18.1. The predicted octanol–water partition coefficient (Wildman–Crippen LogP) is 3.38. The average Bonchev–Trinajstić information content (AvgIpc) is 3.04. The zero-order valence-corrected chi connectivity index (χ0v) is 14.4. The summed E-state index contributed by atoms with van der Waals surface area (Å²) in [6.45, 7) is 2.26. The van der Waals surface area contributed by atoms with Gasteiger partial charge < -0.3 is 20.0 Å². The first-order valence-corrected chi connectivity index (χ1v) is 8.36. The van der Waals surface area contributed by atoms with Crippen LogP contribution in [0.2, 0.25) is 0 Å². The van der Waals surface area contributed by atoms with E-state index in [0.29, 0.717) is 17.7 Å². The van der Waals surface area contributed by atoms with Gasteiger partial charge in [0.25, 0.3) is 0 Å². The number of aryl methyl sites for hydroxylation is 1. The molecule has 0 aliphatic rings. The molecule has 4 aromatic rings. The Kier molecular flexibility index (Phi) is 3.73. The lowest BCUT2D eigenvalue weighted by atomic mass is 10.1. The number of nitrogens with zero attached hydrogens (tertiary/aromatic N) is 2. The highest BCUT2D eigenvalue weighted by Gasteiger charge is 2.17. The van der Waals surface area contributed by atoms with E-state index in [1.54, 1.807) is 39.7 Å². The van der Waals surface area contributed by atoms with Gasteiger partial charge in [-0.25, -0.2) is 9.18 Å². The van der Waals surface area contributed by atoms with Crippen molar-refractivity contribution in [2.24, 2.45) is 0 Å². The molecule has 27 heavy (non-hydrogen) atoms. The monoisotopic (exact) mass is 365 g/mol. The van der Waals surface area contributed by atoms with Gasteiger partial charge in [-0.1, -0.05) is 6.07 Å². The van der Waals surface area contributed by atoms with E-state index < -0.39 is 17.2 Å². The summed E-state index contributed by atoms with van der Waals surface area (Å²) in [6.07, 6.45) is 4.83. The minimum atomic E-state index is -1.33. The van der Waals surface area contributed by atoms with E-state index in [-0.39, 0.29) is 16.6 Å². The van der Waals surface area contributed by atoms with E-state index >= 15 is 0 Å². The molecule has 7 heteroatoms. The fraction of sp³-hybridized carbons (Fsp3) is 0.100. The van der Waals surface area contributed by atoms with Crippen molar-refractivity contribution >= 4 is 33.3 Å². The van der Waals surface area contributed by atoms with Crippen LogP contribution in [0, 0.1) is 5.82 Å². The first-order valence-electron chi connectivity index (χ1n) is 8.36. The maximum Gasteiger partial charge on any atom is 0.341 e. The van der Waals surface area contributed by atoms with Crippen molar-refractivity contribution in [3.8, 4) is 5.69 Å². The molecule has 0 fully saturated rings. The number of carboxylic acids is 1. The van der Waals surface area contributed by atoms with E-state index in [1.807, 2.05) is 13.0 Å². The summed E-state index contributed by atoms with van der Waals surface area (Å²) in [7, 11) is 0. The molecule has 3 N–H and O–H groups in total. The Hall–Kier alpha value is -3.61. The SMILES string of the molecule is CCn1cc(C(=O)O)c(=O)c2cc(F)c(-n3cc4ccc(N)cc4c3)cc21. The molecule has 0 spiro atoms. The van der Waals surface area contributed by atoms with Crippen molar-refractivity contribution in [2.75, 3.05) is 5.73 Å². The summed E-state index contributed by atoms with van der Waals surface area (Å²) in [5.74, 6) is -1.94. The summed E-state index contributed by atoms with van der Waals surface area (Å²) in [5.41, 5.74) is 6.08. The van der Waals surface area contributed by atoms with Crippen LogP contribution in [-0.2, 0) is 6.54 Å². The Morgan fingerprint density at radius 2 is 1.89 bits per heavy atom. The number of carboxylic acid groups (broad SMARTS) is 1. The lowest BCUT2D eigenvalue weighted by molar-refractivity contribution is 0.0695. The quantitative estimate of drug-likeness (QED) is 0.545. The van der Waals surface area contributed by atoms with Crippen LogP contribution in [0.4, 0.5) is 10.1 Å². The second-order valence-corrected chi connectivity index (χ2v) is 6.34. The first kappa shape index (κ1) is 16.8. The standard InChI is InChI=1S/C20H16FN3O3/c1-2-23-10-15(20(26)27)19(25)14-6-16(21)18(7-17(14)23)24-8-11-3-4-13(22)5-12(11)9-24/h3-10H,2,22H2,1H3,(H,26,27). The zero-order valence-electron chi connectivity index (χ0n) is 14.4. The second-order valence-electron chi connectivity index (χ2n) is 6.34. The third kappa shape index (κ3) is 2.64. The van der Waals surface area contributed by atoms with Crippen LogP contribution in [0.15, 0.2) is 53.7 Å². The van der Waals surface area contributed by atoms with Gasteiger partial charge in [0.05, 0.1) is 11.2 Å². The van der Waals surface area contributed by atoms with Gasteiger partial charge in [0.2, 0.25) is 5.43 Å². The molecule has 0 unspecified atom stereocenters. The zero-order chi connectivity index (χ0) is 19.3. The number of carbonyl (C=O) groups is 1. The molecule has 136 valence electrons. The molecule has 0 aliphatic carbocycles. The molecular formula is C20H16FN3O3. The molecule has 0 radical (unpaired) electrons. The number of fused-ring (bicyclic) bond motifs is 2. The molecule has 0 saturated carbocycles. The van der Waals surface area contributed by atoms with E-state index in [9.17, 15) is 19.1 Å². The Morgan fingerprint density at radius 1 is 1.15 bits per heavy atom. The molecule has 6 nitrogen and oxygen atoms in total. The number of aromatic nitrogens is 2. The summed E-state index contributed by atoms with van der Waals surface area (Å²) in [5, 5.41) is 11.0. The van der Waals surface area contributed by atoms with Crippen LogP contribution >= 0.6 is 0 Å². The normalized spacial score (nSPS) is 11.3. The van der Waals surface area contributed by atoms with Crippen LogP contribution in [0.25, 0.3) is 27.4 Å². The van der Waals surface area contributed by atoms with Gasteiger partial charge in [0.15, 0.2) is 0 Å². The van der Waals surface area contributed by atoms with E-state index in [2.05, 4.69) is 0 Å². The van der Waals surface area contributed by atoms with Crippen LogP contribution in [0.3, 0.4) is 0 Å². The van der Waals surface area contributed by atoms with E-state index in [4.69, 9.17) is 5.73 Å². The molecule has 2 heterocycles.